The van der Waals surface area contributed by atoms with Gasteiger partial charge in [0.05, 0.1) is 13.0 Å². The van der Waals surface area contributed by atoms with Crippen LogP contribution < -0.4 is 5.73 Å². The van der Waals surface area contributed by atoms with Crippen molar-refractivity contribution in [3.8, 4) is 0 Å². The zero-order valence-corrected chi connectivity index (χ0v) is 10.9. The third-order valence-electron chi connectivity index (χ3n) is 2.69. The maximum Gasteiger partial charge on any atom is 0.323 e. The number of carbonyl (C=O) groups excluding carboxylic acids is 2. The summed E-state index contributed by atoms with van der Waals surface area (Å²) in [5, 5.41) is 0. The normalized spacial score (nSPS) is 25.0. The van der Waals surface area contributed by atoms with Crippen LogP contribution in [0.3, 0.4) is 0 Å². The summed E-state index contributed by atoms with van der Waals surface area (Å²) in [6, 6.07) is -0.658. The minimum Gasteiger partial charge on any atom is -0.469 e. The lowest BCUT2D eigenvalue weighted by atomic mass is 10.1. The third kappa shape index (κ3) is 4.34. The van der Waals surface area contributed by atoms with Crippen LogP contribution in [0.4, 0.5) is 0 Å². The topological polar surface area (TPSA) is 78.6 Å². The lowest BCUT2D eigenvalue weighted by Crippen LogP contribution is -2.37. The van der Waals surface area contributed by atoms with Gasteiger partial charge in [0.2, 0.25) is 0 Å². The largest absolute Gasteiger partial charge is 0.469 e. The number of methoxy groups -OCH3 is 1. The van der Waals surface area contributed by atoms with Gasteiger partial charge in [0.1, 0.15) is 11.6 Å². The summed E-state index contributed by atoms with van der Waals surface area (Å²) in [5.41, 5.74) is 5.21. The van der Waals surface area contributed by atoms with Crippen molar-refractivity contribution in [1.82, 2.24) is 0 Å². The molecule has 0 saturated heterocycles. The fraction of sp³-hybridized carbons (Fsp3) is 0.833. The maximum atomic E-state index is 11.6. The van der Waals surface area contributed by atoms with Gasteiger partial charge >= 0.3 is 11.9 Å². The van der Waals surface area contributed by atoms with Crippen molar-refractivity contribution < 1.29 is 19.1 Å². The first-order chi connectivity index (χ1) is 7.74. The molecule has 0 aliphatic heterocycles. The van der Waals surface area contributed by atoms with Gasteiger partial charge in [-0.2, -0.15) is 0 Å². The van der Waals surface area contributed by atoms with E-state index in [1.54, 1.807) is 20.8 Å². The molecule has 1 aliphatic rings. The van der Waals surface area contributed by atoms with Crippen molar-refractivity contribution in [2.75, 3.05) is 7.11 Å². The number of esters is 2. The molecule has 1 aliphatic carbocycles. The number of rotatable bonds is 4. The molecule has 5 nitrogen and oxygen atoms in total. The van der Waals surface area contributed by atoms with E-state index in [-0.39, 0.29) is 17.8 Å². The number of hydrogen-bond donors (Lipinski definition) is 1. The monoisotopic (exact) mass is 243 g/mol. The van der Waals surface area contributed by atoms with Gasteiger partial charge in [-0.15, -0.1) is 0 Å². The molecule has 5 heteroatoms. The number of carbonyl (C=O) groups is 2. The zero-order chi connectivity index (χ0) is 13.2. The van der Waals surface area contributed by atoms with Gasteiger partial charge in [-0.3, -0.25) is 9.59 Å². The minimum absolute atomic E-state index is 0.0894. The van der Waals surface area contributed by atoms with Crippen LogP contribution in [-0.2, 0) is 19.1 Å². The van der Waals surface area contributed by atoms with E-state index in [9.17, 15) is 9.59 Å². The summed E-state index contributed by atoms with van der Waals surface area (Å²) in [5.74, 6) is -0.558. The van der Waals surface area contributed by atoms with Gasteiger partial charge in [-0.25, -0.2) is 0 Å². The highest BCUT2D eigenvalue weighted by Crippen LogP contribution is 2.42. The Labute approximate surface area is 102 Å². The van der Waals surface area contributed by atoms with E-state index in [1.165, 1.54) is 7.11 Å². The van der Waals surface area contributed by atoms with Gasteiger partial charge < -0.3 is 15.2 Å². The van der Waals surface area contributed by atoms with Crippen LogP contribution >= 0.6 is 0 Å². The van der Waals surface area contributed by atoms with Gasteiger partial charge in [0.15, 0.2) is 0 Å². The Morgan fingerprint density at radius 3 is 2.47 bits per heavy atom. The molecule has 0 aromatic heterocycles. The Morgan fingerprint density at radius 2 is 2.00 bits per heavy atom. The first-order valence-corrected chi connectivity index (χ1v) is 5.81. The third-order valence-corrected chi connectivity index (χ3v) is 2.69. The second-order valence-corrected chi connectivity index (χ2v) is 5.50. The molecule has 0 heterocycles. The molecule has 3 atom stereocenters. The quantitative estimate of drug-likeness (QED) is 0.741. The van der Waals surface area contributed by atoms with E-state index in [4.69, 9.17) is 10.5 Å². The maximum absolute atomic E-state index is 11.6. The lowest BCUT2D eigenvalue weighted by Gasteiger charge is -2.22. The Hall–Kier alpha value is -1.10. The van der Waals surface area contributed by atoms with E-state index in [0.717, 1.165) is 6.42 Å². The van der Waals surface area contributed by atoms with Crippen molar-refractivity contribution >= 4 is 11.9 Å². The first-order valence-electron chi connectivity index (χ1n) is 5.81. The molecule has 0 amide bonds. The van der Waals surface area contributed by atoms with Crippen LogP contribution in [0.1, 0.15) is 33.6 Å². The zero-order valence-electron chi connectivity index (χ0n) is 10.9. The highest BCUT2D eigenvalue weighted by atomic mass is 16.6. The Morgan fingerprint density at radius 1 is 1.41 bits per heavy atom. The number of hydrogen-bond acceptors (Lipinski definition) is 5. The standard InChI is InChI=1S/C12H21NO4/c1-12(2,3)17-11(15)9(13)6-7-5-8(7)10(14)16-4/h7-9H,5-6,13H2,1-4H3/t7-,8-,9?/m1/s1. The van der Waals surface area contributed by atoms with E-state index < -0.39 is 17.6 Å². The molecule has 0 radical (unpaired) electrons. The summed E-state index contributed by atoms with van der Waals surface area (Å²) >= 11 is 0. The van der Waals surface area contributed by atoms with Crippen LogP contribution in [0.2, 0.25) is 0 Å². The molecule has 17 heavy (non-hydrogen) atoms. The van der Waals surface area contributed by atoms with Crippen molar-refractivity contribution in [3.63, 3.8) is 0 Å². The second kappa shape index (κ2) is 5.04. The van der Waals surface area contributed by atoms with Crippen molar-refractivity contribution in [3.05, 3.63) is 0 Å². The van der Waals surface area contributed by atoms with Crippen LogP contribution in [0, 0.1) is 11.8 Å². The molecule has 1 rings (SSSR count). The van der Waals surface area contributed by atoms with E-state index >= 15 is 0 Å². The van der Waals surface area contributed by atoms with Crippen LogP contribution in [0.5, 0.6) is 0 Å². The first kappa shape index (κ1) is 14.0. The lowest BCUT2D eigenvalue weighted by molar-refractivity contribution is -0.157. The highest BCUT2D eigenvalue weighted by molar-refractivity contribution is 5.78. The summed E-state index contributed by atoms with van der Waals surface area (Å²) in [6.45, 7) is 5.39. The predicted octanol–water partition coefficient (Wildman–Crippen LogP) is 0.855. The minimum atomic E-state index is -0.658. The SMILES string of the molecule is COC(=O)[C@@H]1C[C@@H]1CC(N)C(=O)OC(C)(C)C. The van der Waals surface area contributed by atoms with Crippen molar-refractivity contribution in [2.24, 2.45) is 17.6 Å². The predicted molar refractivity (Wildman–Crippen MR) is 62.1 cm³/mol. The molecule has 0 spiro atoms. The summed E-state index contributed by atoms with van der Waals surface area (Å²) in [7, 11) is 1.37. The molecule has 1 fully saturated rings. The molecule has 0 aromatic carbocycles. The average Bonchev–Trinajstić information content (AvgIpc) is 2.93. The smallest absolute Gasteiger partial charge is 0.323 e. The van der Waals surface area contributed by atoms with E-state index in [1.807, 2.05) is 0 Å². The molecule has 2 N–H and O–H groups in total. The fourth-order valence-electron chi connectivity index (χ4n) is 1.75. The molecular weight excluding hydrogens is 222 g/mol. The van der Waals surface area contributed by atoms with Gasteiger partial charge in [0.25, 0.3) is 0 Å². The highest BCUT2D eigenvalue weighted by Gasteiger charge is 2.45. The summed E-state index contributed by atoms with van der Waals surface area (Å²) in [6.07, 6.45) is 1.23. The van der Waals surface area contributed by atoms with Gasteiger partial charge in [-0.05, 0) is 39.5 Å². The Kier molecular flexibility index (Phi) is 4.14. The Bertz CT molecular complexity index is 308. The fourth-order valence-corrected chi connectivity index (χ4v) is 1.75. The summed E-state index contributed by atoms with van der Waals surface area (Å²) < 4.78 is 9.80. The van der Waals surface area contributed by atoms with Gasteiger partial charge in [0, 0.05) is 0 Å². The Balaban J connectivity index is 2.34. The summed E-state index contributed by atoms with van der Waals surface area (Å²) in [4.78, 5) is 22.8. The number of ether oxygens (including phenoxy) is 2. The number of nitrogens with two attached hydrogens (primary N) is 1. The van der Waals surface area contributed by atoms with Crippen molar-refractivity contribution in [1.29, 1.82) is 0 Å². The van der Waals surface area contributed by atoms with E-state index in [0.29, 0.717) is 6.42 Å². The van der Waals surface area contributed by atoms with E-state index in [2.05, 4.69) is 4.74 Å². The molecule has 0 aromatic rings. The van der Waals surface area contributed by atoms with Gasteiger partial charge in [-0.1, -0.05) is 0 Å². The molecule has 1 saturated carbocycles. The molecule has 98 valence electrons. The second-order valence-electron chi connectivity index (χ2n) is 5.50. The van der Waals surface area contributed by atoms with Crippen molar-refractivity contribution in [2.45, 2.75) is 45.3 Å². The van der Waals surface area contributed by atoms with Crippen LogP contribution in [0.15, 0.2) is 0 Å². The molecule has 1 unspecified atom stereocenters. The average molecular weight is 243 g/mol. The van der Waals surface area contributed by atoms with Crippen LogP contribution in [-0.4, -0.2) is 30.7 Å². The molecular formula is C12H21NO4. The molecule has 0 bridgehead atoms. The van der Waals surface area contributed by atoms with Crippen LogP contribution in [0.25, 0.3) is 0 Å².